The van der Waals surface area contributed by atoms with Gasteiger partial charge in [0.2, 0.25) is 0 Å². The molecule has 21 heavy (non-hydrogen) atoms. The van der Waals surface area contributed by atoms with Crippen molar-refractivity contribution >= 4 is 5.69 Å². The molecule has 0 bridgehead atoms. The lowest BCUT2D eigenvalue weighted by atomic mass is 10.00. The number of hydrogen-bond donors (Lipinski definition) is 1. The van der Waals surface area contributed by atoms with Crippen molar-refractivity contribution in [1.29, 1.82) is 0 Å². The summed E-state index contributed by atoms with van der Waals surface area (Å²) in [6, 6.07) is 13.0. The Bertz CT molecular complexity index is 584. The molecule has 110 valence electrons. The van der Waals surface area contributed by atoms with Crippen LogP contribution in [0.15, 0.2) is 42.6 Å². The highest BCUT2D eigenvalue weighted by atomic mass is 15.2. The van der Waals surface area contributed by atoms with Crippen molar-refractivity contribution in [2.45, 2.75) is 19.8 Å². The standard InChI is InChI=1S/C18H23N3/c1-14(2)15-5-7-16(8-6-15)18-17(4-3-9-20-18)21-12-10-19-11-13-21/h3-9,14,19H,10-13H2,1-2H3. The Labute approximate surface area is 127 Å². The van der Waals surface area contributed by atoms with Gasteiger partial charge in [-0.05, 0) is 23.6 Å². The predicted octanol–water partition coefficient (Wildman–Crippen LogP) is 3.28. The maximum absolute atomic E-state index is 4.64. The zero-order valence-electron chi connectivity index (χ0n) is 12.8. The number of benzene rings is 1. The van der Waals surface area contributed by atoms with Crippen molar-refractivity contribution in [2.24, 2.45) is 0 Å². The SMILES string of the molecule is CC(C)c1ccc(-c2ncccc2N2CCNCC2)cc1. The molecule has 3 nitrogen and oxygen atoms in total. The first-order chi connectivity index (χ1) is 10.3. The monoisotopic (exact) mass is 281 g/mol. The molecule has 0 spiro atoms. The molecule has 2 aromatic rings. The number of nitrogens with one attached hydrogen (secondary N) is 1. The van der Waals surface area contributed by atoms with Crippen molar-refractivity contribution < 1.29 is 0 Å². The van der Waals surface area contributed by atoms with Crippen LogP contribution >= 0.6 is 0 Å². The van der Waals surface area contributed by atoms with Gasteiger partial charge >= 0.3 is 0 Å². The molecular formula is C18H23N3. The quantitative estimate of drug-likeness (QED) is 0.936. The van der Waals surface area contributed by atoms with Crippen molar-refractivity contribution in [3.63, 3.8) is 0 Å². The predicted molar refractivity (Wildman–Crippen MR) is 88.8 cm³/mol. The second kappa shape index (κ2) is 6.27. The summed E-state index contributed by atoms with van der Waals surface area (Å²) in [4.78, 5) is 7.06. The van der Waals surface area contributed by atoms with Crippen molar-refractivity contribution in [3.8, 4) is 11.3 Å². The maximum atomic E-state index is 4.64. The third kappa shape index (κ3) is 3.08. The van der Waals surface area contributed by atoms with Crippen LogP contribution in [-0.2, 0) is 0 Å². The van der Waals surface area contributed by atoms with Gasteiger partial charge in [-0.3, -0.25) is 4.98 Å². The van der Waals surface area contributed by atoms with E-state index in [0.717, 1.165) is 31.9 Å². The largest absolute Gasteiger partial charge is 0.367 e. The van der Waals surface area contributed by atoms with Gasteiger partial charge in [0.25, 0.3) is 0 Å². The van der Waals surface area contributed by atoms with Crippen molar-refractivity contribution in [2.75, 3.05) is 31.1 Å². The summed E-state index contributed by atoms with van der Waals surface area (Å²) in [7, 11) is 0. The number of hydrogen-bond acceptors (Lipinski definition) is 3. The smallest absolute Gasteiger partial charge is 0.0935 e. The molecule has 1 fully saturated rings. The van der Waals surface area contributed by atoms with E-state index in [4.69, 9.17) is 0 Å². The van der Waals surface area contributed by atoms with Crippen LogP contribution in [0.5, 0.6) is 0 Å². The van der Waals surface area contributed by atoms with E-state index in [-0.39, 0.29) is 0 Å². The minimum Gasteiger partial charge on any atom is -0.367 e. The number of nitrogens with zero attached hydrogens (tertiary/aromatic N) is 2. The fraction of sp³-hybridized carbons (Fsp3) is 0.389. The van der Waals surface area contributed by atoms with Crippen LogP contribution in [0, 0.1) is 0 Å². The highest BCUT2D eigenvalue weighted by Crippen LogP contribution is 2.29. The highest BCUT2D eigenvalue weighted by molar-refractivity contribution is 5.75. The molecule has 0 amide bonds. The Morgan fingerprint density at radius 2 is 1.76 bits per heavy atom. The molecule has 0 atom stereocenters. The van der Waals surface area contributed by atoms with E-state index in [1.807, 2.05) is 12.3 Å². The van der Waals surface area contributed by atoms with Crippen LogP contribution in [0.2, 0.25) is 0 Å². The van der Waals surface area contributed by atoms with Crippen LogP contribution in [-0.4, -0.2) is 31.2 Å². The Hall–Kier alpha value is -1.87. The summed E-state index contributed by atoms with van der Waals surface area (Å²) in [6.07, 6.45) is 1.89. The lowest BCUT2D eigenvalue weighted by molar-refractivity contribution is 0.589. The van der Waals surface area contributed by atoms with Crippen LogP contribution < -0.4 is 10.2 Å². The van der Waals surface area contributed by atoms with E-state index in [1.54, 1.807) is 0 Å². The van der Waals surface area contributed by atoms with Crippen LogP contribution in [0.3, 0.4) is 0 Å². The summed E-state index contributed by atoms with van der Waals surface area (Å²) in [6.45, 7) is 8.62. The summed E-state index contributed by atoms with van der Waals surface area (Å²) in [5.41, 5.74) is 4.91. The fourth-order valence-electron chi connectivity index (χ4n) is 2.81. The zero-order valence-corrected chi connectivity index (χ0v) is 12.8. The van der Waals surface area contributed by atoms with E-state index in [2.05, 4.69) is 59.4 Å². The Morgan fingerprint density at radius 1 is 1.05 bits per heavy atom. The molecule has 0 saturated carbocycles. The molecule has 3 heteroatoms. The van der Waals surface area contributed by atoms with Crippen LogP contribution in [0.1, 0.15) is 25.3 Å². The molecule has 1 aliphatic rings. The number of aromatic nitrogens is 1. The van der Waals surface area contributed by atoms with Crippen LogP contribution in [0.4, 0.5) is 5.69 Å². The first kappa shape index (κ1) is 14.1. The Kier molecular flexibility index (Phi) is 4.20. The van der Waals surface area contributed by atoms with Gasteiger partial charge in [-0.25, -0.2) is 0 Å². The third-order valence-electron chi connectivity index (χ3n) is 4.09. The fourth-order valence-corrected chi connectivity index (χ4v) is 2.81. The van der Waals surface area contributed by atoms with Crippen molar-refractivity contribution in [3.05, 3.63) is 48.2 Å². The number of piperazine rings is 1. The summed E-state index contributed by atoms with van der Waals surface area (Å²) >= 11 is 0. The van der Waals surface area contributed by atoms with Gasteiger partial charge in [-0.1, -0.05) is 38.1 Å². The molecule has 1 aliphatic heterocycles. The van der Waals surface area contributed by atoms with Gasteiger partial charge in [-0.15, -0.1) is 0 Å². The first-order valence-corrected chi connectivity index (χ1v) is 7.77. The number of rotatable bonds is 3. The highest BCUT2D eigenvalue weighted by Gasteiger charge is 2.15. The first-order valence-electron chi connectivity index (χ1n) is 7.77. The molecule has 0 radical (unpaired) electrons. The minimum absolute atomic E-state index is 0.565. The molecule has 1 aromatic heterocycles. The number of anilines is 1. The maximum Gasteiger partial charge on any atom is 0.0935 e. The lowest BCUT2D eigenvalue weighted by Crippen LogP contribution is -2.43. The van der Waals surface area contributed by atoms with Crippen LogP contribution in [0.25, 0.3) is 11.3 Å². The van der Waals surface area contributed by atoms with Gasteiger partial charge in [0, 0.05) is 37.9 Å². The summed E-state index contributed by atoms with van der Waals surface area (Å²) < 4.78 is 0. The molecule has 1 saturated heterocycles. The normalized spacial score (nSPS) is 15.5. The molecule has 0 unspecified atom stereocenters. The molecule has 1 N–H and O–H groups in total. The average Bonchev–Trinajstić information content (AvgIpc) is 2.56. The topological polar surface area (TPSA) is 28.2 Å². The zero-order chi connectivity index (χ0) is 14.7. The lowest BCUT2D eigenvalue weighted by Gasteiger charge is -2.30. The van der Waals surface area contributed by atoms with E-state index < -0.39 is 0 Å². The summed E-state index contributed by atoms with van der Waals surface area (Å²) in [5.74, 6) is 0.565. The molecular weight excluding hydrogens is 258 g/mol. The van der Waals surface area contributed by atoms with E-state index in [0.29, 0.717) is 5.92 Å². The van der Waals surface area contributed by atoms with E-state index in [1.165, 1.54) is 16.8 Å². The van der Waals surface area contributed by atoms with Gasteiger partial charge in [-0.2, -0.15) is 0 Å². The molecule has 0 aliphatic carbocycles. The second-order valence-corrected chi connectivity index (χ2v) is 5.88. The summed E-state index contributed by atoms with van der Waals surface area (Å²) in [5, 5.41) is 3.40. The molecule has 1 aromatic carbocycles. The Balaban J connectivity index is 1.94. The van der Waals surface area contributed by atoms with Gasteiger partial charge in [0.15, 0.2) is 0 Å². The number of pyridine rings is 1. The van der Waals surface area contributed by atoms with Gasteiger partial charge < -0.3 is 10.2 Å². The third-order valence-corrected chi connectivity index (χ3v) is 4.09. The van der Waals surface area contributed by atoms with Gasteiger partial charge in [0.05, 0.1) is 11.4 Å². The minimum atomic E-state index is 0.565. The van der Waals surface area contributed by atoms with E-state index >= 15 is 0 Å². The second-order valence-electron chi connectivity index (χ2n) is 5.88. The van der Waals surface area contributed by atoms with Gasteiger partial charge in [0.1, 0.15) is 0 Å². The Morgan fingerprint density at radius 3 is 2.43 bits per heavy atom. The van der Waals surface area contributed by atoms with E-state index in [9.17, 15) is 0 Å². The average molecular weight is 281 g/mol. The molecule has 3 rings (SSSR count). The van der Waals surface area contributed by atoms with Crippen molar-refractivity contribution in [1.82, 2.24) is 10.3 Å². The molecule has 2 heterocycles.